The smallest absolute Gasteiger partial charge is 0.220 e. The van der Waals surface area contributed by atoms with Crippen molar-refractivity contribution in [1.82, 2.24) is 10.3 Å². The van der Waals surface area contributed by atoms with Crippen molar-refractivity contribution in [3.63, 3.8) is 0 Å². The molecule has 0 unspecified atom stereocenters. The Bertz CT molecular complexity index is 940. The summed E-state index contributed by atoms with van der Waals surface area (Å²) < 4.78 is 17.1. The lowest BCUT2D eigenvalue weighted by atomic mass is 10.2. The highest BCUT2D eigenvalue weighted by Gasteiger charge is 2.06. The highest BCUT2D eigenvalue weighted by molar-refractivity contribution is 5.84. The number of benzene rings is 2. The standard InChI is InChI=1S/C24H28N2O4/c1-2-28-20-11-3-4-12-21(20)29-17-7-14-23(27)25-16-8-18-30-22-13-5-9-19-10-6-15-26-24(19)22/h3-6,9-13,15H,2,7-8,14,16-18H2,1H3,(H,25,27). The van der Waals surface area contributed by atoms with Crippen molar-refractivity contribution in [2.45, 2.75) is 26.2 Å². The van der Waals surface area contributed by atoms with E-state index in [1.165, 1.54) is 0 Å². The molecule has 0 saturated heterocycles. The quantitative estimate of drug-likeness (QED) is 0.451. The molecule has 0 aliphatic carbocycles. The third-order valence-electron chi connectivity index (χ3n) is 4.45. The van der Waals surface area contributed by atoms with Crippen LogP contribution in [0.25, 0.3) is 10.9 Å². The Kier molecular flexibility index (Phi) is 8.33. The second kappa shape index (κ2) is 11.7. The fourth-order valence-electron chi connectivity index (χ4n) is 3.02. The van der Waals surface area contributed by atoms with Gasteiger partial charge in [-0.15, -0.1) is 0 Å². The van der Waals surface area contributed by atoms with E-state index in [1.54, 1.807) is 6.20 Å². The Balaban J connectivity index is 1.29. The monoisotopic (exact) mass is 408 g/mol. The summed E-state index contributed by atoms with van der Waals surface area (Å²) in [4.78, 5) is 16.4. The molecular formula is C24H28N2O4. The molecule has 6 nitrogen and oxygen atoms in total. The summed E-state index contributed by atoms with van der Waals surface area (Å²) in [5.74, 6) is 2.22. The third kappa shape index (κ3) is 6.37. The van der Waals surface area contributed by atoms with E-state index >= 15 is 0 Å². The van der Waals surface area contributed by atoms with Crippen molar-refractivity contribution in [3.05, 3.63) is 60.8 Å². The van der Waals surface area contributed by atoms with Crippen LogP contribution in [0.2, 0.25) is 0 Å². The molecule has 0 spiro atoms. The molecular weight excluding hydrogens is 380 g/mol. The SMILES string of the molecule is CCOc1ccccc1OCCCC(=O)NCCCOc1cccc2cccnc12. The van der Waals surface area contributed by atoms with Gasteiger partial charge < -0.3 is 19.5 Å². The first-order valence-electron chi connectivity index (χ1n) is 10.4. The number of amides is 1. The molecule has 0 atom stereocenters. The van der Waals surface area contributed by atoms with Gasteiger partial charge in [-0.25, -0.2) is 0 Å². The van der Waals surface area contributed by atoms with E-state index in [-0.39, 0.29) is 5.91 Å². The molecule has 0 radical (unpaired) electrons. The van der Waals surface area contributed by atoms with Gasteiger partial charge in [0.2, 0.25) is 5.91 Å². The van der Waals surface area contributed by atoms with Gasteiger partial charge in [-0.1, -0.05) is 30.3 Å². The summed E-state index contributed by atoms with van der Waals surface area (Å²) in [5, 5.41) is 3.97. The largest absolute Gasteiger partial charge is 0.491 e. The Morgan fingerprint density at radius 3 is 2.40 bits per heavy atom. The number of nitrogens with one attached hydrogen (secondary N) is 1. The molecule has 158 valence electrons. The van der Waals surface area contributed by atoms with Crippen molar-refractivity contribution in [3.8, 4) is 17.2 Å². The average molecular weight is 408 g/mol. The lowest BCUT2D eigenvalue weighted by molar-refractivity contribution is -0.121. The summed E-state index contributed by atoms with van der Waals surface area (Å²) in [6, 6.07) is 17.4. The summed E-state index contributed by atoms with van der Waals surface area (Å²) >= 11 is 0. The number of pyridine rings is 1. The minimum absolute atomic E-state index is 0.0171. The molecule has 6 heteroatoms. The number of nitrogens with zero attached hydrogens (tertiary/aromatic N) is 1. The number of carbonyl (C=O) groups is 1. The maximum atomic E-state index is 12.0. The second-order valence-corrected chi connectivity index (χ2v) is 6.72. The van der Waals surface area contributed by atoms with E-state index in [0.29, 0.717) is 45.0 Å². The molecule has 0 aliphatic heterocycles. The number of hydrogen-bond acceptors (Lipinski definition) is 5. The predicted molar refractivity (Wildman–Crippen MR) is 117 cm³/mol. The van der Waals surface area contributed by atoms with Gasteiger partial charge in [0.25, 0.3) is 0 Å². The van der Waals surface area contributed by atoms with Crippen LogP contribution in [0.1, 0.15) is 26.2 Å². The summed E-state index contributed by atoms with van der Waals surface area (Å²) in [6.45, 7) is 4.08. The Morgan fingerprint density at radius 2 is 1.57 bits per heavy atom. The number of carbonyl (C=O) groups excluding carboxylic acids is 1. The molecule has 1 heterocycles. The first-order chi connectivity index (χ1) is 14.8. The molecule has 3 aromatic rings. The van der Waals surface area contributed by atoms with Gasteiger partial charge in [0.1, 0.15) is 11.3 Å². The molecule has 0 bridgehead atoms. The molecule has 0 aliphatic rings. The Hall–Kier alpha value is -3.28. The molecule has 1 N–H and O–H groups in total. The molecule has 1 amide bonds. The maximum absolute atomic E-state index is 12.0. The van der Waals surface area contributed by atoms with Crippen molar-refractivity contribution < 1.29 is 19.0 Å². The van der Waals surface area contributed by atoms with Gasteiger partial charge in [0, 0.05) is 24.5 Å². The van der Waals surface area contributed by atoms with Gasteiger partial charge in [-0.2, -0.15) is 0 Å². The van der Waals surface area contributed by atoms with Crippen molar-refractivity contribution >= 4 is 16.8 Å². The highest BCUT2D eigenvalue weighted by atomic mass is 16.5. The third-order valence-corrected chi connectivity index (χ3v) is 4.45. The van der Waals surface area contributed by atoms with Crippen LogP contribution in [0.5, 0.6) is 17.2 Å². The van der Waals surface area contributed by atoms with Crippen LogP contribution in [0.4, 0.5) is 0 Å². The van der Waals surface area contributed by atoms with Crippen LogP contribution in [0.3, 0.4) is 0 Å². The Morgan fingerprint density at radius 1 is 0.867 bits per heavy atom. The van der Waals surface area contributed by atoms with Gasteiger partial charge in [-0.3, -0.25) is 9.78 Å². The normalized spacial score (nSPS) is 10.6. The van der Waals surface area contributed by atoms with E-state index in [2.05, 4.69) is 10.3 Å². The molecule has 2 aromatic carbocycles. The van der Waals surface area contributed by atoms with E-state index < -0.39 is 0 Å². The average Bonchev–Trinajstić information content (AvgIpc) is 2.78. The highest BCUT2D eigenvalue weighted by Crippen LogP contribution is 2.26. The fourth-order valence-corrected chi connectivity index (χ4v) is 3.02. The summed E-state index contributed by atoms with van der Waals surface area (Å²) in [6.07, 6.45) is 3.55. The van der Waals surface area contributed by atoms with Crippen molar-refractivity contribution in [2.24, 2.45) is 0 Å². The summed E-state index contributed by atoms with van der Waals surface area (Å²) in [5.41, 5.74) is 0.856. The fraction of sp³-hybridized carbons (Fsp3) is 0.333. The zero-order valence-corrected chi connectivity index (χ0v) is 17.3. The van der Waals surface area contributed by atoms with E-state index in [4.69, 9.17) is 14.2 Å². The number of hydrogen-bond donors (Lipinski definition) is 1. The predicted octanol–water partition coefficient (Wildman–Crippen LogP) is 4.38. The van der Waals surface area contributed by atoms with Crippen molar-refractivity contribution in [2.75, 3.05) is 26.4 Å². The van der Waals surface area contributed by atoms with Crippen LogP contribution in [0, 0.1) is 0 Å². The van der Waals surface area contributed by atoms with Crippen LogP contribution >= 0.6 is 0 Å². The molecule has 30 heavy (non-hydrogen) atoms. The number of ether oxygens (including phenoxy) is 3. The zero-order chi connectivity index (χ0) is 21.0. The van der Waals surface area contributed by atoms with Crippen LogP contribution in [0.15, 0.2) is 60.8 Å². The van der Waals surface area contributed by atoms with E-state index in [0.717, 1.165) is 28.8 Å². The molecule has 1 aromatic heterocycles. The first-order valence-corrected chi connectivity index (χ1v) is 10.4. The number of fused-ring (bicyclic) bond motifs is 1. The van der Waals surface area contributed by atoms with Crippen LogP contribution < -0.4 is 19.5 Å². The number of para-hydroxylation sites is 3. The van der Waals surface area contributed by atoms with Crippen molar-refractivity contribution in [1.29, 1.82) is 0 Å². The maximum Gasteiger partial charge on any atom is 0.220 e. The second-order valence-electron chi connectivity index (χ2n) is 6.72. The van der Waals surface area contributed by atoms with Gasteiger partial charge in [0.15, 0.2) is 11.5 Å². The van der Waals surface area contributed by atoms with E-state index in [9.17, 15) is 4.79 Å². The lowest BCUT2D eigenvalue weighted by Crippen LogP contribution is -2.25. The number of rotatable bonds is 12. The number of aromatic nitrogens is 1. The topological polar surface area (TPSA) is 69.7 Å². The molecule has 0 saturated carbocycles. The van der Waals surface area contributed by atoms with Gasteiger partial charge in [-0.05, 0) is 44.0 Å². The van der Waals surface area contributed by atoms with Crippen LogP contribution in [-0.4, -0.2) is 37.3 Å². The Labute approximate surface area is 177 Å². The minimum Gasteiger partial charge on any atom is -0.491 e. The van der Waals surface area contributed by atoms with E-state index in [1.807, 2.05) is 61.5 Å². The van der Waals surface area contributed by atoms with Gasteiger partial charge >= 0.3 is 0 Å². The first kappa shape index (κ1) is 21.4. The molecule has 3 rings (SSSR count). The summed E-state index contributed by atoms with van der Waals surface area (Å²) in [7, 11) is 0. The van der Waals surface area contributed by atoms with Gasteiger partial charge in [0.05, 0.1) is 19.8 Å². The minimum atomic E-state index is 0.0171. The molecule has 0 fully saturated rings. The zero-order valence-electron chi connectivity index (χ0n) is 17.3. The van der Waals surface area contributed by atoms with Crippen LogP contribution in [-0.2, 0) is 4.79 Å². The lowest BCUT2D eigenvalue weighted by Gasteiger charge is -2.11.